The van der Waals surface area contributed by atoms with Crippen LogP contribution in [0.1, 0.15) is 6.42 Å². The van der Waals surface area contributed by atoms with Gasteiger partial charge in [-0.15, -0.1) is 13.0 Å². The molecule has 0 heterocycles. The third-order valence-electron chi connectivity index (χ3n) is 1.73. The van der Waals surface area contributed by atoms with Gasteiger partial charge in [0.25, 0.3) is 0 Å². The van der Waals surface area contributed by atoms with Gasteiger partial charge in [0.1, 0.15) is 0 Å². The van der Waals surface area contributed by atoms with E-state index in [9.17, 15) is 0 Å². The lowest BCUT2D eigenvalue weighted by molar-refractivity contribution is 0.862. The molecule has 0 aliphatic heterocycles. The summed E-state index contributed by atoms with van der Waals surface area (Å²) in [5.74, 6) is 4.17. The fraction of sp³-hybridized carbons (Fsp3) is 0.500. The number of allylic oxidation sites excluding steroid dienone is 1. The van der Waals surface area contributed by atoms with Crippen molar-refractivity contribution in [2.24, 2.45) is 11.8 Å². The van der Waals surface area contributed by atoms with Gasteiger partial charge < -0.3 is 0 Å². The number of alkyl halides is 1. The second-order valence-electron chi connectivity index (χ2n) is 2.37. The minimum Gasteiger partial charge on any atom is -0.119 e. The monoisotopic (exact) mass is 232 g/mol. The van der Waals surface area contributed by atoms with E-state index in [2.05, 4.69) is 35.1 Å². The van der Waals surface area contributed by atoms with Gasteiger partial charge in [0, 0.05) is 0 Å². The summed E-state index contributed by atoms with van der Waals surface area (Å²) < 4.78 is 0.422. The standard InChI is InChI=1S/C8H9I/c1-3-6-5-7(6)8(9)4-2/h2-3,6-8H,1,5H2. The minimum absolute atomic E-state index is 0.422. The van der Waals surface area contributed by atoms with E-state index in [1.54, 1.807) is 0 Å². The van der Waals surface area contributed by atoms with Crippen LogP contribution in [-0.4, -0.2) is 3.92 Å². The van der Waals surface area contributed by atoms with Crippen LogP contribution in [-0.2, 0) is 0 Å². The van der Waals surface area contributed by atoms with E-state index in [-0.39, 0.29) is 0 Å². The summed E-state index contributed by atoms with van der Waals surface area (Å²) in [7, 11) is 0. The molecule has 1 heteroatoms. The van der Waals surface area contributed by atoms with Gasteiger partial charge in [0.15, 0.2) is 0 Å². The quantitative estimate of drug-likeness (QED) is 0.296. The molecular weight excluding hydrogens is 223 g/mol. The third kappa shape index (κ3) is 1.48. The molecule has 0 aromatic heterocycles. The Morgan fingerprint density at radius 1 is 1.89 bits per heavy atom. The van der Waals surface area contributed by atoms with Crippen molar-refractivity contribution in [3.63, 3.8) is 0 Å². The first-order valence-electron chi connectivity index (χ1n) is 3.02. The smallest absolute Gasteiger partial charge is 0.0750 e. The molecular formula is C8H9I. The van der Waals surface area contributed by atoms with Gasteiger partial charge in [-0.1, -0.05) is 34.6 Å². The fourth-order valence-corrected chi connectivity index (χ4v) is 1.79. The normalized spacial score (nSPS) is 34.7. The van der Waals surface area contributed by atoms with E-state index in [0.29, 0.717) is 9.84 Å². The number of hydrogen-bond donors (Lipinski definition) is 0. The summed E-state index contributed by atoms with van der Waals surface area (Å²) in [6.45, 7) is 3.72. The Kier molecular flexibility index (Phi) is 2.18. The minimum atomic E-state index is 0.422. The first kappa shape index (κ1) is 7.14. The molecule has 1 aliphatic carbocycles. The Balaban J connectivity index is 2.35. The molecule has 0 aromatic carbocycles. The van der Waals surface area contributed by atoms with Crippen molar-refractivity contribution < 1.29 is 0 Å². The highest BCUT2D eigenvalue weighted by molar-refractivity contribution is 14.1. The lowest BCUT2D eigenvalue weighted by Gasteiger charge is -1.95. The molecule has 0 bridgehead atoms. The largest absolute Gasteiger partial charge is 0.119 e. The molecule has 3 unspecified atom stereocenters. The second kappa shape index (κ2) is 2.74. The maximum absolute atomic E-state index is 5.24. The van der Waals surface area contributed by atoms with Crippen LogP contribution in [0.25, 0.3) is 0 Å². The van der Waals surface area contributed by atoms with E-state index in [1.165, 1.54) is 6.42 Å². The van der Waals surface area contributed by atoms with E-state index in [0.717, 1.165) is 5.92 Å². The predicted molar refractivity (Wildman–Crippen MR) is 48.4 cm³/mol. The Hall–Kier alpha value is 0.0300. The fourth-order valence-electron chi connectivity index (χ4n) is 0.967. The van der Waals surface area contributed by atoms with Crippen LogP contribution in [0.4, 0.5) is 0 Å². The van der Waals surface area contributed by atoms with E-state index < -0.39 is 0 Å². The van der Waals surface area contributed by atoms with Gasteiger partial charge >= 0.3 is 0 Å². The van der Waals surface area contributed by atoms with Crippen molar-refractivity contribution in [2.45, 2.75) is 10.3 Å². The van der Waals surface area contributed by atoms with Crippen molar-refractivity contribution in [3.05, 3.63) is 12.7 Å². The number of rotatable bonds is 2. The van der Waals surface area contributed by atoms with Crippen molar-refractivity contribution in [2.75, 3.05) is 0 Å². The number of halogens is 1. The number of hydrogen-bond acceptors (Lipinski definition) is 0. The zero-order chi connectivity index (χ0) is 6.85. The van der Waals surface area contributed by atoms with Crippen LogP contribution >= 0.6 is 22.6 Å². The van der Waals surface area contributed by atoms with Gasteiger partial charge in [-0.05, 0) is 18.3 Å². The third-order valence-corrected chi connectivity index (χ3v) is 3.01. The zero-order valence-corrected chi connectivity index (χ0v) is 7.34. The van der Waals surface area contributed by atoms with Crippen LogP contribution in [0.3, 0.4) is 0 Å². The highest BCUT2D eigenvalue weighted by atomic mass is 127. The average Bonchev–Trinajstić information content (AvgIpc) is 2.64. The molecule has 0 nitrogen and oxygen atoms in total. The van der Waals surface area contributed by atoms with Crippen molar-refractivity contribution >= 4 is 22.6 Å². The summed E-state index contributed by atoms with van der Waals surface area (Å²) in [6, 6.07) is 0. The van der Waals surface area contributed by atoms with Crippen LogP contribution < -0.4 is 0 Å². The predicted octanol–water partition coefficient (Wildman–Crippen LogP) is 2.25. The lowest BCUT2D eigenvalue weighted by Crippen LogP contribution is -1.96. The Morgan fingerprint density at radius 3 is 2.89 bits per heavy atom. The highest BCUT2D eigenvalue weighted by Crippen LogP contribution is 2.44. The summed E-state index contributed by atoms with van der Waals surface area (Å²) in [6.07, 6.45) is 8.50. The van der Waals surface area contributed by atoms with Gasteiger partial charge in [-0.2, -0.15) is 0 Å². The summed E-state index contributed by atoms with van der Waals surface area (Å²) in [4.78, 5) is 0. The lowest BCUT2D eigenvalue weighted by atomic mass is 10.2. The van der Waals surface area contributed by atoms with Crippen LogP contribution in [0.2, 0.25) is 0 Å². The van der Waals surface area contributed by atoms with Gasteiger partial charge in [0.2, 0.25) is 0 Å². The van der Waals surface area contributed by atoms with Crippen LogP contribution in [0.15, 0.2) is 12.7 Å². The van der Waals surface area contributed by atoms with Gasteiger partial charge in [-0.25, -0.2) is 0 Å². The molecule has 48 valence electrons. The van der Waals surface area contributed by atoms with Crippen LogP contribution in [0, 0.1) is 24.2 Å². The summed E-state index contributed by atoms with van der Waals surface area (Å²) in [5, 5.41) is 0. The molecule has 0 spiro atoms. The molecule has 1 rings (SSSR count). The van der Waals surface area contributed by atoms with Crippen molar-refractivity contribution in [3.8, 4) is 12.3 Å². The molecule has 1 fully saturated rings. The van der Waals surface area contributed by atoms with Crippen LogP contribution in [0.5, 0.6) is 0 Å². The molecule has 0 N–H and O–H groups in total. The summed E-state index contributed by atoms with van der Waals surface area (Å²) >= 11 is 2.31. The summed E-state index contributed by atoms with van der Waals surface area (Å²) in [5.41, 5.74) is 0. The number of terminal acetylenes is 1. The van der Waals surface area contributed by atoms with Crippen molar-refractivity contribution in [1.82, 2.24) is 0 Å². The highest BCUT2D eigenvalue weighted by Gasteiger charge is 2.38. The van der Waals surface area contributed by atoms with E-state index >= 15 is 0 Å². The molecule has 0 radical (unpaired) electrons. The van der Waals surface area contributed by atoms with E-state index in [4.69, 9.17) is 6.42 Å². The zero-order valence-electron chi connectivity index (χ0n) is 5.18. The molecule has 0 aromatic rings. The SMILES string of the molecule is C#CC(I)C1CC1C=C. The molecule has 0 saturated heterocycles. The maximum Gasteiger partial charge on any atom is 0.0750 e. The van der Waals surface area contributed by atoms with Crippen molar-refractivity contribution in [1.29, 1.82) is 0 Å². The van der Waals surface area contributed by atoms with E-state index in [1.807, 2.05) is 6.08 Å². The molecule has 0 amide bonds. The first-order valence-corrected chi connectivity index (χ1v) is 4.27. The average molecular weight is 232 g/mol. The Morgan fingerprint density at radius 2 is 2.56 bits per heavy atom. The topological polar surface area (TPSA) is 0 Å². The molecule has 3 atom stereocenters. The maximum atomic E-state index is 5.24. The van der Waals surface area contributed by atoms with Gasteiger partial charge in [0.05, 0.1) is 3.92 Å². The molecule has 1 aliphatic rings. The second-order valence-corrected chi connectivity index (χ2v) is 3.71. The molecule has 1 saturated carbocycles. The Bertz CT molecular complexity index is 154. The first-order chi connectivity index (χ1) is 4.29. The van der Waals surface area contributed by atoms with Gasteiger partial charge in [-0.3, -0.25) is 0 Å². The Labute approximate surface area is 69.9 Å². The molecule has 9 heavy (non-hydrogen) atoms.